The largest absolute Gasteiger partial charge is 0.504 e. The third kappa shape index (κ3) is 2.51. The first-order chi connectivity index (χ1) is 8.80. The van der Waals surface area contributed by atoms with Gasteiger partial charge in [-0.2, -0.15) is 8.42 Å². The van der Waals surface area contributed by atoms with Gasteiger partial charge in [0.2, 0.25) is 5.91 Å². The Kier molecular flexibility index (Phi) is 3.17. The highest BCUT2D eigenvalue weighted by molar-refractivity contribution is 7.86. The van der Waals surface area contributed by atoms with Crippen LogP contribution in [-0.2, 0) is 14.9 Å². The van der Waals surface area contributed by atoms with Gasteiger partial charge in [0.1, 0.15) is 4.90 Å². The predicted molar refractivity (Wildman–Crippen MR) is 69.7 cm³/mol. The van der Waals surface area contributed by atoms with Gasteiger partial charge in [0.15, 0.2) is 5.75 Å². The minimum absolute atomic E-state index is 0.0705. The van der Waals surface area contributed by atoms with E-state index in [1.54, 1.807) is 18.2 Å². The Hall–Kier alpha value is -2.12. The Morgan fingerprint density at radius 1 is 1.26 bits per heavy atom. The zero-order chi connectivity index (χ0) is 14.2. The zero-order valence-electron chi connectivity index (χ0n) is 9.91. The molecule has 0 aliphatic carbocycles. The highest BCUT2D eigenvalue weighted by Crippen LogP contribution is 2.37. The molecule has 2 aromatic carbocycles. The van der Waals surface area contributed by atoms with E-state index in [4.69, 9.17) is 0 Å². The number of carbonyl (C=O) groups excluding carboxylic acids is 1. The molecule has 0 radical (unpaired) electrons. The van der Waals surface area contributed by atoms with Crippen LogP contribution in [-0.4, -0.2) is 24.0 Å². The highest BCUT2D eigenvalue weighted by Gasteiger charge is 2.22. The second kappa shape index (κ2) is 4.52. The molecule has 100 valence electrons. The van der Waals surface area contributed by atoms with Crippen LogP contribution >= 0.6 is 0 Å². The lowest BCUT2D eigenvalue weighted by Crippen LogP contribution is -2.08. The molecule has 0 heterocycles. The summed E-state index contributed by atoms with van der Waals surface area (Å²) in [5, 5.41) is 12.9. The molecule has 7 heteroatoms. The minimum atomic E-state index is -4.62. The molecule has 2 rings (SSSR count). The van der Waals surface area contributed by atoms with E-state index >= 15 is 0 Å². The summed E-state index contributed by atoms with van der Waals surface area (Å²) < 4.78 is 32.0. The van der Waals surface area contributed by atoms with Crippen LogP contribution in [0.5, 0.6) is 5.75 Å². The number of nitrogens with one attached hydrogen (secondary N) is 1. The first-order valence-corrected chi connectivity index (χ1v) is 6.74. The zero-order valence-corrected chi connectivity index (χ0v) is 10.7. The van der Waals surface area contributed by atoms with Gasteiger partial charge in [-0.25, -0.2) is 0 Å². The van der Waals surface area contributed by atoms with Crippen molar-refractivity contribution in [3.05, 3.63) is 30.3 Å². The quantitative estimate of drug-likeness (QED) is 0.574. The van der Waals surface area contributed by atoms with Crippen molar-refractivity contribution in [3.63, 3.8) is 0 Å². The topological polar surface area (TPSA) is 104 Å². The van der Waals surface area contributed by atoms with Crippen LogP contribution in [0, 0.1) is 0 Å². The van der Waals surface area contributed by atoms with Crippen molar-refractivity contribution >= 4 is 32.5 Å². The molecular weight excluding hydrogens is 270 g/mol. The molecule has 0 saturated carbocycles. The Balaban J connectivity index is 2.89. The van der Waals surface area contributed by atoms with E-state index in [0.717, 1.165) is 0 Å². The summed E-state index contributed by atoms with van der Waals surface area (Å²) in [6.07, 6.45) is 0. The van der Waals surface area contributed by atoms with Crippen molar-refractivity contribution in [2.24, 2.45) is 0 Å². The maximum Gasteiger partial charge on any atom is 0.298 e. The number of phenolic OH excluding ortho intramolecular Hbond substituents is 1. The minimum Gasteiger partial charge on any atom is -0.504 e. The summed E-state index contributed by atoms with van der Waals surface area (Å²) in [4.78, 5) is 10.4. The Bertz CT molecular complexity index is 767. The van der Waals surface area contributed by atoms with Crippen molar-refractivity contribution in [2.45, 2.75) is 11.8 Å². The fourth-order valence-corrected chi connectivity index (χ4v) is 2.67. The number of aromatic hydroxyl groups is 1. The van der Waals surface area contributed by atoms with Crippen molar-refractivity contribution in [1.29, 1.82) is 0 Å². The molecule has 0 unspecified atom stereocenters. The summed E-state index contributed by atoms with van der Waals surface area (Å²) in [5.74, 6) is -1.15. The smallest absolute Gasteiger partial charge is 0.298 e. The molecule has 3 N–H and O–H groups in total. The van der Waals surface area contributed by atoms with Gasteiger partial charge in [0.25, 0.3) is 10.1 Å². The monoisotopic (exact) mass is 281 g/mol. The summed E-state index contributed by atoms with van der Waals surface area (Å²) in [5.41, 5.74) is -0.0705. The molecular formula is C12H11NO5S. The van der Waals surface area contributed by atoms with Crippen molar-refractivity contribution < 1.29 is 22.9 Å². The molecule has 0 saturated heterocycles. The molecule has 0 fully saturated rings. The first-order valence-electron chi connectivity index (χ1n) is 5.30. The Morgan fingerprint density at radius 2 is 1.89 bits per heavy atom. The third-order valence-corrected chi connectivity index (χ3v) is 3.47. The van der Waals surface area contributed by atoms with Crippen molar-refractivity contribution in [3.8, 4) is 5.75 Å². The van der Waals surface area contributed by atoms with Crippen LogP contribution in [0.3, 0.4) is 0 Å². The van der Waals surface area contributed by atoms with Crippen LogP contribution in [0.15, 0.2) is 35.2 Å². The number of hydrogen-bond acceptors (Lipinski definition) is 4. The van der Waals surface area contributed by atoms with Gasteiger partial charge < -0.3 is 10.4 Å². The van der Waals surface area contributed by atoms with Crippen LogP contribution in [0.4, 0.5) is 5.69 Å². The third-order valence-electron chi connectivity index (χ3n) is 2.54. The van der Waals surface area contributed by atoms with Gasteiger partial charge >= 0.3 is 0 Å². The highest BCUT2D eigenvalue weighted by atomic mass is 32.2. The molecule has 0 atom stereocenters. The molecule has 0 spiro atoms. The van der Waals surface area contributed by atoms with E-state index in [1.165, 1.54) is 19.1 Å². The Labute approximate surface area is 109 Å². The number of anilines is 1. The van der Waals surface area contributed by atoms with Gasteiger partial charge in [0.05, 0.1) is 5.69 Å². The van der Waals surface area contributed by atoms with E-state index in [0.29, 0.717) is 5.39 Å². The average molecular weight is 281 g/mol. The van der Waals surface area contributed by atoms with Gasteiger partial charge in [0, 0.05) is 12.3 Å². The molecule has 0 aliphatic rings. The summed E-state index contributed by atoms with van der Waals surface area (Å²) in [6.45, 7) is 1.22. The molecule has 2 aromatic rings. The fourth-order valence-electron chi connectivity index (χ4n) is 1.85. The second-order valence-corrected chi connectivity index (χ2v) is 5.34. The van der Waals surface area contributed by atoms with Gasteiger partial charge in [-0.15, -0.1) is 0 Å². The molecule has 0 aliphatic heterocycles. The molecule has 19 heavy (non-hydrogen) atoms. The van der Waals surface area contributed by atoms with Gasteiger partial charge in [-0.3, -0.25) is 9.35 Å². The number of benzene rings is 2. The summed E-state index contributed by atoms with van der Waals surface area (Å²) in [6, 6.07) is 7.74. The maximum atomic E-state index is 11.4. The summed E-state index contributed by atoms with van der Waals surface area (Å²) >= 11 is 0. The lowest BCUT2D eigenvalue weighted by molar-refractivity contribution is -0.114. The van der Waals surface area contributed by atoms with Gasteiger partial charge in [-0.05, 0) is 11.5 Å². The maximum absolute atomic E-state index is 11.4. The van der Waals surface area contributed by atoms with E-state index in [2.05, 4.69) is 5.32 Å². The van der Waals surface area contributed by atoms with Crippen LogP contribution in [0.2, 0.25) is 0 Å². The average Bonchev–Trinajstić information content (AvgIpc) is 2.27. The molecule has 1 amide bonds. The lowest BCUT2D eigenvalue weighted by atomic mass is 10.1. The standard InChI is InChI=1S/C12H11NO5S/c1-7(14)13-10-6-8-4-2-3-5-9(8)12(11(10)15)19(16,17)18/h2-6,15H,1H3,(H,13,14)(H,16,17,18). The lowest BCUT2D eigenvalue weighted by Gasteiger charge is -2.11. The SMILES string of the molecule is CC(=O)Nc1cc2ccccc2c(S(=O)(=O)O)c1O. The van der Waals surface area contributed by atoms with E-state index in [9.17, 15) is 22.9 Å². The van der Waals surface area contributed by atoms with E-state index in [-0.39, 0.29) is 11.1 Å². The number of carbonyl (C=O) groups is 1. The first kappa shape index (κ1) is 13.3. The fraction of sp³-hybridized carbons (Fsp3) is 0.0833. The van der Waals surface area contributed by atoms with Crippen molar-refractivity contribution in [1.82, 2.24) is 0 Å². The Morgan fingerprint density at radius 3 is 2.47 bits per heavy atom. The summed E-state index contributed by atoms with van der Waals surface area (Å²) in [7, 11) is -4.62. The second-order valence-electron chi connectivity index (χ2n) is 3.98. The number of fused-ring (bicyclic) bond motifs is 1. The number of hydrogen-bond donors (Lipinski definition) is 3. The number of amides is 1. The van der Waals surface area contributed by atoms with Crippen LogP contribution in [0.1, 0.15) is 6.92 Å². The van der Waals surface area contributed by atoms with Crippen molar-refractivity contribution in [2.75, 3.05) is 5.32 Å². The number of rotatable bonds is 2. The molecule has 6 nitrogen and oxygen atoms in total. The number of phenols is 1. The van der Waals surface area contributed by atoms with E-state index in [1.807, 2.05) is 0 Å². The van der Waals surface area contributed by atoms with Crippen LogP contribution in [0.25, 0.3) is 10.8 Å². The molecule has 0 aromatic heterocycles. The van der Waals surface area contributed by atoms with Crippen LogP contribution < -0.4 is 5.32 Å². The molecule has 0 bridgehead atoms. The normalized spacial score (nSPS) is 11.5. The van der Waals surface area contributed by atoms with E-state index < -0.39 is 26.7 Å². The van der Waals surface area contributed by atoms with Gasteiger partial charge in [-0.1, -0.05) is 24.3 Å². The predicted octanol–water partition coefficient (Wildman–Crippen LogP) is 1.75.